The maximum absolute atomic E-state index is 13.2. The third-order valence-corrected chi connectivity index (χ3v) is 5.83. The van der Waals surface area contributed by atoms with Crippen molar-refractivity contribution >= 4 is 5.91 Å². The normalized spacial score (nSPS) is 18.8. The van der Waals surface area contributed by atoms with Gasteiger partial charge in [-0.25, -0.2) is 4.98 Å². The van der Waals surface area contributed by atoms with Crippen LogP contribution in [0, 0.1) is 13.8 Å². The van der Waals surface area contributed by atoms with Gasteiger partial charge in [0, 0.05) is 23.7 Å². The van der Waals surface area contributed by atoms with Gasteiger partial charge in [0.15, 0.2) is 0 Å². The van der Waals surface area contributed by atoms with E-state index in [4.69, 9.17) is 0 Å². The number of nitrogens with zero attached hydrogens (tertiary/aromatic N) is 2. The minimum absolute atomic E-state index is 0.117. The molecule has 1 aromatic heterocycles. The Labute approximate surface area is 159 Å². The van der Waals surface area contributed by atoms with E-state index in [1.807, 2.05) is 6.92 Å². The van der Waals surface area contributed by atoms with Crippen molar-refractivity contribution in [2.75, 3.05) is 0 Å². The molecule has 1 heterocycles. The van der Waals surface area contributed by atoms with Crippen molar-refractivity contribution < 1.29 is 4.79 Å². The molecule has 4 rings (SSSR count). The van der Waals surface area contributed by atoms with Gasteiger partial charge in [0.1, 0.15) is 5.82 Å². The van der Waals surface area contributed by atoms with E-state index in [0.29, 0.717) is 30.3 Å². The van der Waals surface area contributed by atoms with E-state index in [9.17, 15) is 9.59 Å². The van der Waals surface area contributed by atoms with Crippen LogP contribution in [0.4, 0.5) is 0 Å². The highest BCUT2D eigenvalue weighted by molar-refractivity contribution is 5.78. The minimum Gasteiger partial charge on any atom is -0.333 e. The molecule has 0 saturated heterocycles. The zero-order valence-corrected chi connectivity index (χ0v) is 16.1. The molecule has 5 nitrogen and oxygen atoms in total. The molecular weight excluding hydrogens is 338 g/mol. The van der Waals surface area contributed by atoms with Gasteiger partial charge in [0.25, 0.3) is 5.56 Å². The average molecular weight is 365 g/mol. The third-order valence-electron chi connectivity index (χ3n) is 5.83. The van der Waals surface area contributed by atoms with Gasteiger partial charge in [-0.05, 0) is 63.5 Å². The lowest BCUT2D eigenvalue weighted by atomic mass is 9.86. The highest BCUT2D eigenvalue weighted by Gasteiger charge is 2.39. The number of fused-ring (bicyclic) bond motifs is 1. The van der Waals surface area contributed by atoms with Crippen molar-refractivity contribution in [1.82, 2.24) is 14.9 Å². The largest absolute Gasteiger partial charge is 0.333 e. The molecule has 2 aliphatic carbocycles. The number of aromatic nitrogens is 2. The number of amides is 1. The molecule has 142 valence electrons. The van der Waals surface area contributed by atoms with Gasteiger partial charge in [-0.15, -0.1) is 0 Å². The lowest BCUT2D eigenvalue weighted by Crippen LogP contribution is -2.38. The van der Waals surface area contributed by atoms with Crippen LogP contribution in [0.5, 0.6) is 0 Å². The molecule has 0 aliphatic heterocycles. The summed E-state index contributed by atoms with van der Waals surface area (Å²) in [4.78, 5) is 34.6. The van der Waals surface area contributed by atoms with Crippen molar-refractivity contribution in [2.24, 2.45) is 0 Å². The fourth-order valence-electron chi connectivity index (χ4n) is 4.41. The summed E-state index contributed by atoms with van der Waals surface area (Å²) in [7, 11) is 0. The Kier molecular flexibility index (Phi) is 4.85. The fraction of sp³-hybridized carbons (Fsp3) is 0.500. The van der Waals surface area contributed by atoms with Gasteiger partial charge in [-0.2, -0.15) is 0 Å². The maximum atomic E-state index is 13.2. The van der Waals surface area contributed by atoms with E-state index in [1.165, 1.54) is 11.1 Å². The van der Waals surface area contributed by atoms with Crippen molar-refractivity contribution in [2.45, 2.75) is 70.9 Å². The van der Waals surface area contributed by atoms with Crippen LogP contribution in [0.3, 0.4) is 0 Å². The molecule has 1 N–H and O–H groups in total. The summed E-state index contributed by atoms with van der Waals surface area (Å²) < 4.78 is 0. The number of aromatic amines is 1. The predicted octanol–water partition coefficient (Wildman–Crippen LogP) is 3.39. The molecule has 1 amide bonds. The number of benzene rings is 1. The van der Waals surface area contributed by atoms with Gasteiger partial charge in [0.2, 0.25) is 5.91 Å². The minimum atomic E-state index is -0.117. The van der Waals surface area contributed by atoms with Crippen LogP contribution < -0.4 is 5.56 Å². The highest BCUT2D eigenvalue weighted by Crippen LogP contribution is 2.41. The number of nitrogens with one attached hydrogen (secondary N) is 1. The van der Waals surface area contributed by atoms with E-state index in [-0.39, 0.29) is 17.5 Å². The molecule has 2 aliphatic rings. The molecule has 27 heavy (non-hydrogen) atoms. The van der Waals surface area contributed by atoms with Crippen LogP contribution in [-0.4, -0.2) is 26.8 Å². The van der Waals surface area contributed by atoms with E-state index < -0.39 is 0 Å². The summed E-state index contributed by atoms with van der Waals surface area (Å²) in [5.41, 5.74) is 3.94. The second kappa shape index (κ2) is 7.29. The SMILES string of the molecule is Cc1nc(C)c(CCC(=O)N(C2CC2)[C@@H]2CCCc3ccccc32)c(=O)[nH]1. The van der Waals surface area contributed by atoms with Gasteiger partial charge in [-0.3, -0.25) is 9.59 Å². The Morgan fingerprint density at radius 1 is 1.22 bits per heavy atom. The summed E-state index contributed by atoms with van der Waals surface area (Å²) in [5, 5.41) is 0. The summed E-state index contributed by atoms with van der Waals surface area (Å²) in [6.45, 7) is 3.62. The average Bonchev–Trinajstić information content (AvgIpc) is 3.46. The molecule has 2 aromatic rings. The molecule has 1 fully saturated rings. The summed E-state index contributed by atoms with van der Waals surface area (Å²) in [6, 6.07) is 9.09. The highest BCUT2D eigenvalue weighted by atomic mass is 16.2. The first-order valence-corrected chi connectivity index (χ1v) is 10.00. The van der Waals surface area contributed by atoms with Crippen LogP contribution in [0.2, 0.25) is 0 Å². The number of hydrogen-bond acceptors (Lipinski definition) is 3. The number of carbonyl (C=O) groups is 1. The Morgan fingerprint density at radius 2 is 2.00 bits per heavy atom. The standard InChI is InChI=1S/C22H27N3O2/c1-14-18(22(27)24-15(2)23-14)12-13-21(26)25(17-10-11-17)20-9-5-7-16-6-3-4-8-19(16)20/h3-4,6,8,17,20H,5,7,9-13H2,1-2H3,(H,23,24,27)/t20-/m1/s1. The van der Waals surface area contributed by atoms with Crippen LogP contribution in [0.25, 0.3) is 0 Å². The van der Waals surface area contributed by atoms with Crippen molar-refractivity contribution in [1.29, 1.82) is 0 Å². The van der Waals surface area contributed by atoms with Gasteiger partial charge in [0.05, 0.1) is 6.04 Å². The Balaban J connectivity index is 1.54. The van der Waals surface area contributed by atoms with Crippen LogP contribution in [0.15, 0.2) is 29.1 Å². The maximum Gasteiger partial charge on any atom is 0.254 e. The summed E-state index contributed by atoms with van der Waals surface area (Å²) in [5.74, 6) is 0.782. The first-order chi connectivity index (χ1) is 13.0. The Hall–Kier alpha value is -2.43. The quantitative estimate of drug-likeness (QED) is 0.883. The number of aryl methyl sites for hydroxylation is 3. The van der Waals surface area contributed by atoms with Crippen LogP contribution in [-0.2, 0) is 17.6 Å². The molecule has 5 heteroatoms. The molecule has 1 saturated carbocycles. The third kappa shape index (κ3) is 3.68. The molecule has 1 aromatic carbocycles. The second-order valence-corrected chi connectivity index (χ2v) is 7.85. The number of carbonyl (C=O) groups excluding carboxylic acids is 1. The van der Waals surface area contributed by atoms with Crippen LogP contribution >= 0.6 is 0 Å². The lowest BCUT2D eigenvalue weighted by molar-refractivity contribution is -0.134. The molecule has 0 unspecified atom stereocenters. The molecule has 0 spiro atoms. The summed E-state index contributed by atoms with van der Waals surface area (Å²) >= 11 is 0. The van der Waals surface area contributed by atoms with Crippen molar-refractivity contribution in [3.63, 3.8) is 0 Å². The van der Waals surface area contributed by atoms with Gasteiger partial charge in [-0.1, -0.05) is 24.3 Å². The van der Waals surface area contributed by atoms with E-state index >= 15 is 0 Å². The smallest absolute Gasteiger partial charge is 0.254 e. The number of rotatable bonds is 5. The molecule has 0 radical (unpaired) electrons. The number of hydrogen-bond donors (Lipinski definition) is 1. The lowest BCUT2D eigenvalue weighted by Gasteiger charge is -2.36. The number of H-pyrrole nitrogens is 1. The van der Waals surface area contributed by atoms with Crippen molar-refractivity contribution in [3.05, 3.63) is 62.8 Å². The Morgan fingerprint density at radius 3 is 2.74 bits per heavy atom. The summed E-state index contributed by atoms with van der Waals surface area (Å²) in [6.07, 6.45) is 6.26. The van der Waals surface area contributed by atoms with Gasteiger partial charge >= 0.3 is 0 Å². The second-order valence-electron chi connectivity index (χ2n) is 7.85. The van der Waals surface area contributed by atoms with E-state index in [0.717, 1.165) is 37.8 Å². The van der Waals surface area contributed by atoms with Crippen LogP contribution in [0.1, 0.15) is 66.4 Å². The Bertz CT molecular complexity index is 914. The first-order valence-electron chi connectivity index (χ1n) is 10.00. The molecule has 0 bridgehead atoms. The topological polar surface area (TPSA) is 66.1 Å². The molecule has 1 atom stereocenters. The van der Waals surface area contributed by atoms with Gasteiger partial charge < -0.3 is 9.88 Å². The zero-order chi connectivity index (χ0) is 19.0. The zero-order valence-electron chi connectivity index (χ0n) is 16.1. The van der Waals surface area contributed by atoms with Crippen molar-refractivity contribution in [3.8, 4) is 0 Å². The fourth-order valence-corrected chi connectivity index (χ4v) is 4.41. The molecular formula is C22H27N3O2. The van der Waals surface area contributed by atoms with E-state index in [1.54, 1.807) is 6.92 Å². The van der Waals surface area contributed by atoms with E-state index in [2.05, 4.69) is 39.1 Å². The predicted molar refractivity (Wildman–Crippen MR) is 105 cm³/mol. The first kappa shape index (κ1) is 18.0. The monoisotopic (exact) mass is 365 g/mol.